The third-order valence-corrected chi connectivity index (χ3v) is 4.91. The molecular weight excluding hydrogens is 358 g/mol. The fraction of sp³-hybridized carbons (Fsp3) is 0.286. The number of amides is 1. The van der Waals surface area contributed by atoms with Crippen molar-refractivity contribution in [3.8, 4) is 11.1 Å². The summed E-state index contributed by atoms with van der Waals surface area (Å²) >= 11 is 0. The average molecular weight is 379 g/mol. The van der Waals surface area contributed by atoms with Crippen LogP contribution in [-0.4, -0.2) is 46.7 Å². The second-order valence-electron chi connectivity index (χ2n) is 6.57. The molecular formula is C21H21N3O4. The number of hydrogen-bond donors (Lipinski definition) is 2. The molecule has 2 aromatic carbocycles. The zero-order valence-electron chi connectivity index (χ0n) is 15.4. The summed E-state index contributed by atoms with van der Waals surface area (Å²) in [4.78, 5) is 26.8. The predicted molar refractivity (Wildman–Crippen MR) is 103 cm³/mol. The van der Waals surface area contributed by atoms with Gasteiger partial charge in [0.2, 0.25) is 0 Å². The minimum atomic E-state index is -1.24. The summed E-state index contributed by atoms with van der Waals surface area (Å²) < 4.78 is 5.37. The zero-order chi connectivity index (χ0) is 20.1. The van der Waals surface area contributed by atoms with Crippen molar-refractivity contribution in [1.82, 2.24) is 5.32 Å². The lowest BCUT2D eigenvalue weighted by atomic mass is 9.98. The maximum Gasteiger partial charge on any atom is 0.407 e. The first-order valence-electron chi connectivity index (χ1n) is 9.07. The van der Waals surface area contributed by atoms with E-state index in [2.05, 4.69) is 10.1 Å². The van der Waals surface area contributed by atoms with Crippen molar-refractivity contribution < 1.29 is 24.2 Å². The molecule has 7 nitrogen and oxygen atoms in total. The molecule has 0 aliphatic heterocycles. The Morgan fingerprint density at radius 3 is 2.29 bits per heavy atom. The molecule has 0 unspecified atom stereocenters. The van der Waals surface area contributed by atoms with Gasteiger partial charge >= 0.3 is 12.3 Å². The molecule has 1 amide bonds. The van der Waals surface area contributed by atoms with Gasteiger partial charge in [0.25, 0.3) is 5.78 Å². The van der Waals surface area contributed by atoms with Crippen molar-refractivity contribution in [3.05, 3.63) is 65.2 Å². The third kappa shape index (κ3) is 3.86. The highest BCUT2D eigenvalue weighted by Gasteiger charge is 2.31. The van der Waals surface area contributed by atoms with Crippen molar-refractivity contribution in [2.24, 2.45) is 0 Å². The maximum absolute atomic E-state index is 12.3. The molecule has 3 rings (SSSR count). The number of fused-ring (bicyclic) bond motifs is 3. The first-order valence-corrected chi connectivity index (χ1v) is 9.07. The number of aliphatic hydroxyl groups excluding tert-OH is 1. The van der Waals surface area contributed by atoms with Gasteiger partial charge in [0.15, 0.2) is 0 Å². The van der Waals surface area contributed by atoms with E-state index < -0.39 is 24.0 Å². The van der Waals surface area contributed by atoms with Crippen LogP contribution < -0.4 is 5.32 Å². The minimum absolute atomic E-state index is 0.0943. The highest BCUT2D eigenvalue weighted by molar-refractivity contribution is 6.28. The molecule has 7 heteroatoms. The summed E-state index contributed by atoms with van der Waals surface area (Å²) in [5, 5.41) is 12.3. The number of ketones is 1. The number of nitrogens with one attached hydrogen (secondary N) is 1. The van der Waals surface area contributed by atoms with Crippen molar-refractivity contribution in [3.63, 3.8) is 0 Å². The normalized spacial score (nSPS) is 14.2. The molecule has 0 radical (unpaired) electrons. The van der Waals surface area contributed by atoms with Crippen LogP contribution in [0, 0.1) is 0 Å². The Morgan fingerprint density at radius 1 is 1.18 bits per heavy atom. The number of benzene rings is 2. The summed E-state index contributed by atoms with van der Waals surface area (Å²) in [6, 6.07) is 14.7. The highest BCUT2D eigenvalue weighted by Crippen LogP contribution is 2.44. The number of nitrogens with zero attached hydrogens (tertiary/aromatic N) is 2. The lowest BCUT2D eigenvalue weighted by molar-refractivity contribution is -0.120. The quantitative estimate of drug-likeness (QED) is 0.437. The van der Waals surface area contributed by atoms with Crippen LogP contribution in [0.4, 0.5) is 4.79 Å². The van der Waals surface area contributed by atoms with Crippen LogP contribution in [0.2, 0.25) is 0 Å². The fourth-order valence-electron chi connectivity index (χ4n) is 3.50. The number of ether oxygens (including phenoxy) is 1. The Labute approximate surface area is 162 Å². The van der Waals surface area contributed by atoms with E-state index >= 15 is 0 Å². The first-order chi connectivity index (χ1) is 13.6. The molecule has 2 atom stereocenters. The molecule has 1 aliphatic carbocycles. The van der Waals surface area contributed by atoms with E-state index in [4.69, 9.17) is 10.3 Å². The standard InChI is InChI=1S/C21H21N3O4/c1-2-18(25)20(19(26)11-23-22)24-21(27)28-12-17-15-9-5-3-7-13(15)14-8-4-6-10-16(14)17/h3-11,17-18,20,25H,2,12H2,1H3,(H,24,27)/t18-,20-/m0/s1. The molecule has 2 N–H and O–H groups in total. The number of carbonyl (C=O) groups excluding carboxylic acids is 2. The van der Waals surface area contributed by atoms with Gasteiger partial charge in [-0.05, 0) is 28.7 Å². The van der Waals surface area contributed by atoms with Crippen LogP contribution in [0.5, 0.6) is 0 Å². The van der Waals surface area contributed by atoms with Gasteiger partial charge in [0.05, 0.1) is 6.10 Å². The second-order valence-corrected chi connectivity index (χ2v) is 6.57. The number of carbonyl (C=O) groups is 2. The van der Waals surface area contributed by atoms with E-state index in [1.165, 1.54) is 0 Å². The van der Waals surface area contributed by atoms with Crippen molar-refractivity contribution in [2.45, 2.75) is 31.4 Å². The van der Waals surface area contributed by atoms with Gasteiger partial charge < -0.3 is 20.7 Å². The predicted octanol–water partition coefficient (Wildman–Crippen LogP) is 2.53. The van der Waals surface area contributed by atoms with Gasteiger partial charge in [0, 0.05) is 5.92 Å². The zero-order valence-corrected chi connectivity index (χ0v) is 15.4. The highest BCUT2D eigenvalue weighted by atomic mass is 16.5. The summed E-state index contributed by atoms with van der Waals surface area (Å²) in [6.07, 6.45) is -1.06. The molecule has 0 heterocycles. The molecule has 0 aromatic heterocycles. The van der Waals surface area contributed by atoms with Crippen LogP contribution in [0.1, 0.15) is 30.4 Å². The largest absolute Gasteiger partial charge is 0.449 e. The monoisotopic (exact) mass is 379 g/mol. The smallest absolute Gasteiger partial charge is 0.407 e. The van der Waals surface area contributed by atoms with E-state index in [0.717, 1.165) is 22.3 Å². The van der Waals surface area contributed by atoms with E-state index in [9.17, 15) is 14.7 Å². The Bertz CT molecular complexity index is 891. The topological polar surface area (TPSA) is 112 Å². The van der Waals surface area contributed by atoms with E-state index in [1.807, 2.05) is 48.5 Å². The van der Waals surface area contributed by atoms with Crippen molar-refractivity contribution in [1.29, 1.82) is 0 Å². The van der Waals surface area contributed by atoms with Gasteiger partial charge in [-0.15, -0.1) is 0 Å². The van der Waals surface area contributed by atoms with Crippen LogP contribution in [0.25, 0.3) is 16.7 Å². The molecule has 0 saturated heterocycles. The summed E-state index contributed by atoms with van der Waals surface area (Å²) in [5.41, 5.74) is 12.9. The summed E-state index contributed by atoms with van der Waals surface area (Å²) in [5.74, 6) is -0.826. The number of alkyl carbamates (subject to hydrolysis) is 1. The average Bonchev–Trinajstić information content (AvgIpc) is 3.04. The van der Waals surface area contributed by atoms with E-state index in [-0.39, 0.29) is 18.9 Å². The molecule has 0 spiro atoms. The Hall–Kier alpha value is -3.28. The minimum Gasteiger partial charge on any atom is -0.449 e. The third-order valence-electron chi connectivity index (χ3n) is 4.91. The molecule has 1 aliphatic rings. The van der Waals surface area contributed by atoms with Crippen LogP contribution in [-0.2, 0) is 9.53 Å². The number of hydrogen-bond acceptors (Lipinski definition) is 4. The Morgan fingerprint density at radius 2 is 1.75 bits per heavy atom. The molecule has 144 valence electrons. The van der Waals surface area contributed by atoms with Gasteiger partial charge in [-0.2, -0.15) is 4.79 Å². The molecule has 28 heavy (non-hydrogen) atoms. The van der Waals surface area contributed by atoms with E-state index in [0.29, 0.717) is 6.21 Å². The van der Waals surface area contributed by atoms with Gasteiger partial charge in [-0.1, -0.05) is 55.5 Å². The first kappa shape index (κ1) is 19.5. The molecule has 2 aromatic rings. The van der Waals surface area contributed by atoms with Crippen LogP contribution in [0.15, 0.2) is 48.5 Å². The molecule has 0 bridgehead atoms. The van der Waals surface area contributed by atoms with Crippen molar-refractivity contribution >= 4 is 18.1 Å². The Kier molecular flexibility index (Phi) is 5.99. The van der Waals surface area contributed by atoms with Crippen LogP contribution in [0.3, 0.4) is 0 Å². The van der Waals surface area contributed by atoms with Gasteiger partial charge in [-0.25, -0.2) is 4.79 Å². The van der Waals surface area contributed by atoms with Crippen LogP contribution >= 0.6 is 0 Å². The van der Waals surface area contributed by atoms with Gasteiger partial charge in [-0.3, -0.25) is 4.79 Å². The maximum atomic E-state index is 12.3. The van der Waals surface area contributed by atoms with Gasteiger partial charge in [0.1, 0.15) is 12.6 Å². The van der Waals surface area contributed by atoms with Crippen molar-refractivity contribution in [2.75, 3.05) is 6.61 Å². The van der Waals surface area contributed by atoms with E-state index in [1.54, 1.807) is 6.92 Å². The summed E-state index contributed by atoms with van der Waals surface area (Å²) in [6.45, 7) is 1.76. The Balaban J connectivity index is 1.72. The SMILES string of the molecule is CC[C@H](O)[C@H](NC(=O)OCC1c2ccccc2-c2ccccc21)C(=O)C=[N+]=[N-]. The number of aliphatic hydroxyl groups is 1. The second kappa shape index (κ2) is 8.61. The molecule has 0 saturated carbocycles. The fourth-order valence-corrected chi connectivity index (χ4v) is 3.50. The number of rotatable bonds is 7. The summed E-state index contributed by atoms with van der Waals surface area (Å²) in [7, 11) is 0. The number of Topliss-reactive ketones (excluding diaryl/α,β-unsaturated/α-hetero) is 1. The lowest BCUT2D eigenvalue weighted by Crippen LogP contribution is -2.49. The lowest BCUT2D eigenvalue weighted by Gasteiger charge is -2.20. The molecule has 0 fully saturated rings.